The van der Waals surface area contributed by atoms with Gasteiger partial charge in [0.25, 0.3) is 0 Å². The van der Waals surface area contributed by atoms with Gasteiger partial charge < -0.3 is 14.6 Å². The van der Waals surface area contributed by atoms with E-state index >= 15 is 0 Å². The summed E-state index contributed by atoms with van der Waals surface area (Å²) in [7, 11) is 0. The van der Waals surface area contributed by atoms with Gasteiger partial charge >= 0.3 is 5.97 Å². The number of hydrogen-bond acceptors (Lipinski definition) is 3. The number of carbonyl (C=O) groups is 1. The molecule has 4 heteroatoms. The summed E-state index contributed by atoms with van der Waals surface area (Å²) < 4.78 is 11.2. The van der Waals surface area contributed by atoms with Crippen LogP contribution in [0.15, 0.2) is 12.1 Å². The van der Waals surface area contributed by atoms with E-state index in [1.165, 1.54) is 0 Å². The highest BCUT2D eigenvalue weighted by molar-refractivity contribution is 5.89. The zero-order chi connectivity index (χ0) is 12.6. The molecule has 4 nitrogen and oxygen atoms in total. The third-order valence-electron chi connectivity index (χ3n) is 2.70. The second kappa shape index (κ2) is 3.95. The van der Waals surface area contributed by atoms with Crippen LogP contribution in [-0.4, -0.2) is 23.3 Å². The zero-order valence-electron chi connectivity index (χ0n) is 10.2. The van der Waals surface area contributed by atoms with Crippen LogP contribution < -0.4 is 9.47 Å². The minimum atomic E-state index is -0.970. The van der Waals surface area contributed by atoms with Gasteiger partial charge in [0.05, 0.1) is 12.2 Å². The minimum absolute atomic E-state index is 0.199. The van der Waals surface area contributed by atoms with Crippen molar-refractivity contribution in [2.24, 2.45) is 0 Å². The lowest BCUT2D eigenvalue weighted by atomic mass is 10.00. The molecule has 1 aliphatic heterocycles. The summed E-state index contributed by atoms with van der Waals surface area (Å²) in [6.45, 7) is 6.34. The zero-order valence-corrected chi connectivity index (χ0v) is 10.2. The Morgan fingerprint density at radius 3 is 2.82 bits per heavy atom. The first kappa shape index (κ1) is 11.8. The molecule has 92 valence electrons. The van der Waals surface area contributed by atoms with Crippen molar-refractivity contribution in [1.82, 2.24) is 0 Å². The van der Waals surface area contributed by atoms with Crippen molar-refractivity contribution in [3.05, 3.63) is 23.3 Å². The van der Waals surface area contributed by atoms with Crippen molar-refractivity contribution in [3.8, 4) is 11.5 Å². The molecule has 0 atom stereocenters. The van der Waals surface area contributed by atoms with Crippen LogP contribution in [0.2, 0.25) is 0 Å². The average Bonchev–Trinajstić information content (AvgIpc) is 2.52. The summed E-state index contributed by atoms with van der Waals surface area (Å²) in [5.41, 5.74) is 0.859. The summed E-state index contributed by atoms with van der Waals surface area (Å²) in [6.07, 6.45) is 0.734. The number of fused-ring (bicyclic) bond motifs is 1. The van der Waals surface area contributed by atoms with Crippen molar-refractivity contribution in [1.29, 1.82) is 0 Å². The third kappa shape index (κ3) is 2.20. The fraction of sp³-hybridized carbons (Fsp3) is 0.462. The Bertz CT molecular complexity index is 463. The van der Waals surface area contributed by atoms with E-state index in [0.29, 0.717) is 18.1 Å². The normalized spacial score (nSPS) is 16.2. The van der Waals surface area contributed by atoms with Gasteiger partial charge in [0.2, 0.25) is 0 Å². The molecule has 0 aliphatic carbocycles. The molecule has 2 rings (SSSR count). The number of benzene rings is 1. The van der Waals surface area contributed by atoms with Crippen molar-refractivity contribution in [2.75, 3.05) is 6.61 Å². The molecule has 0 aromatic heterocycles. The summed E-state index contributed by atoms with van der Waals surface area (Å²) >= 11 is 0. The maximum atomic E-state index is 11.0. The molecule has 0 saturated heterocycles. The van der Waals surface area contributed by atoms with Gasteiger partial charge in [-0.3, -0.25) is 0 Å². The first-order valence-corrected chi connectivity index (χ1v) is 5.65. The Kier molecular flexibility index (Phi) is 2.73. The van der Waals surface area contributed by atoms with Gasteiger partial charge in [0.15, 0.2) is 0 Å². The van der Waals surface area contributed by atoms with Crippen molar-refractivity contribution < 1.29 is 19.4 Å². The number of hydrogen-bond donors (Lipinski definition) is 1. The van der Waals surface area contributed by atoms with Crippen LogP contribution in [0.25, 0.3) is 0 Å². The van der Waals surface area contributed by atoms with E-state index in [4.69, 9.17) is 14.6 Å². The Morgan fingerprint density at radius 2 is 2.24 bits per heavy atom. The van der Waals surface area contributed by atoms with E-state index in [9.17, 15) is 4.79 Å². The average molecular weight is 236 g/mol. The molecule has 0 radical (unpaired) electrons. The fourth-order valence-electron chi connectivity index (χ4n) is 2.05. The molecule has 0 bridgehead atoms. The van der Waals surface area contributed by atoms with Crippen LogP contribution in [0.1, 0.15) is 36.7 Å². The molecule has 1 aromatic rings. The lowest BCUT2D eigenvalue weighted by Crippen LogP contribution is -2.24. The van der Waals surface area contributed by atoms with E-state index in [0.717, 1.165) is 12.0 Å². The molecule has 1 aliphatic rings. The predicted octanol–water partition coefficient (Wildman–Crippen LogP) is 2.50. The Morgan fingerprint density at radius 1 is 1.53 bits per heavy atom. The second-order valence-electron chi connectivity index (χ2n) is 4.73. The Balaban J connectivity index is 2.49. The molecule has 1 heterocycles. The van der Waals surface area contributed by atoms with Crippen LogP contribution >= 0.6 is 0 Å². The van der Waals surface area contributed by atoms with Crippen molar-refractivity contribution in [3.63, 3.8) is 0 Å². The third-order valence-corrected chi connectivity index (χ3v) is 2.70. The largest absolute Gasteiger partial charge is 0.493 e. The summed E-state index contributed by atoms with van der Waals surface area (Å²) in [5.74, 6) is 0.272. The van der Waals surface area contributed by atoms with Crippen LogP contribution in [0.3, 0.4) is 0 Å². The van der Waals surface area contributed by atoms with Gasteiger partial charge in [-0.05, 0) is 32.9 Å². The van der Waals surface area contributed by atoms with E-state index in [1.54, 1.807) is 12.1 Å². The van der Waals surface area contributed by atoms with Gasteiger partial charge in [0, 0.05) is 12.0 Å². The topological polar surface area (TPSA) is 55.8 Å². The van der Waals surface area contributed by atoms with Crippen LogP contribution in [0, 0.1) is 0 Å². The minimum Gasteiger partial charge on any atom is -0.493 e. The number of rotatable bonds is 3. The maximum Gasteiger partial charge on any atom is 0.335 e. The number of ether oxygens (including phenoxy) is 2. The van der Waals surface area contributed by atoms with Crippen LogP contribution in [-0.2, 0) is 6.42 Å². The molecule has 0 fully saturated rings. The van der Waals surface area contributed by atoms with Gasteiger partial charge in [-0.25, -0.2) is 4.79 Å². The molecule has 0 unspecified atom stereocenters. The van der Waals surface area contributed by atoms with Crippen molar-refractivity contribution >= 4 is 5.97 Å². The molecular formula is C13H16O4. The number of carboxylic acid groups (broad SMARTS) is 1. The molecule has 0 spiro atoms. The second-order valence-corrected chi connectivity index (χ2v) is 4.73. The molecule has 17 heavy (non-hydrogen) atoms. The highest BCUT2D eigenvalue weighted by Crippen LogP contribution is 2.41. The molecule has 0 saturated carbocycles. The predicted molar refractivity (Wildman–Crippen MR) is 63.0 cm³/mol. The highest BCUT2D eigenvalue weighted by atomic mass is 16.5. The molecule has 0 amide bonds. The maximum absolute atomic E-state index is 11.0. The van der Waals surface area contributed by atoms with Gasteiger partial charge in [-0.2, -0.15) is 0 Å². The number of carboxylic acids is 1. The standard InChI is InChI=1S/C13H16O4/c1-4-16-10-5-8(12(14)15)6-11-9(10)7-13(2,3)17-11/h5-6H,4,7H2,1-3H3,(H,14,15). The summed E-state index contributed by atoms with van der Waals surface area (Å²) in [4.78, 5) is 11.0. The van der Waals surface area contributed by atoms with Crippen LogP contribution in [0.5, 0.6) is 11.5 Å². The molecule has 1 N–H and O–H groups in total. The van der Waals surface area contributed by atoms with E-state index in [2.05, 4.69) is 0 Å². The smallest absolute Gasteiger partial charge is 0.335 e. The summed E-state index contributed by atoms with van der Waals surface area (Å²) in [5, 5.41) is 9.03. The number of aromatic carboxylic acids is 1. The Labute approximate surface area is 100 Å². The Hall–Kier alpha value is -1.71. The van der Waals surface area contributed by atoms with E-state index < -0.39 is 5.97 Å². The lowest BCUT2D eigenvalue weighted by Gasteiger charge is -2.16. The summed E-state index contributed by atoms with van der Waals surface area (Å²) in [6, 6.07) is 3.13. The van der Waals surface area contributed by atoms with Crippen molar-refractivity contribution in [2.45, 2.75) is 32.8 Å². The quantitative estimate of drug-likeness (QED) is 0.876. The fourth-order valence-corrected chi connectivity index (χ4v) is 2.05. The van der Waals surface area contributed by atoms with Gasteiger partial charge in [0.1, 0.15) is 17.1 Å². The highest BCUT2D eigenvalue weighted by Gasteiger charge is 2.33. The molecular weight excluding hydrogens is 220 g/mol. The first-order chi connectivity index (χ1) is 7.93. The molecule has 1 aromatic carbocycles. The monoisotopic (exact) mass is 236 g/mol. The van der Waals surface area contributed by atoms with E-state index in [-0.39, 0.29) is 11.2 Å². The lowest BCUT2D eigenvalue weighted by molar-refractivity contribution is 0.0695. The first-order valence-electron chi connectivity index (χ1n) is 5.65. The van der Waals surface area contributed by atoms with Gasteiger partial charge in [-0.15, -0.1) is 0 Å². The van der Waals surface area contributed by atoms with E-state index in [1.807, 2.05) is 20.8 Å². The van der Waals surface area contributed by atoms with Crippen LogP contribution in [0.4, 0.5) is 0 Å². The van der Waals surface area contributed by atoms with Gasteiger partial charge in [-0.1, -0.05) is 0 Å². The SMILES string of the molecule is CCOc1cc(C(=O)O)cc2c1CC(C)(C)O2.